The Hall–Kier alpha value is -3.54. The summed E-state index contributed by atoms with van der Waals surface area (Å²) in [5.41, 5.74) is 1.43. The van der Waals surface area contributed by atoms with Gasteiger partial charge in [-0.3, -0.25) is 9.59 Å². The van der Waals surface area contributed by atoms with Crippen LogP contribution in [0.2, 0.25) is 5.02 Å². The smallest absolute Gasteiger partial charge is 0.246 e. The zero-order valence-electron chi connectivity index (χ0n) is 25.4. The molecular weight excluding hydrogens is 592 g/mol. The number of rotatable bonds is 7. The largest absolute Gasteiger partial charge is 0.488 e. The van der Waals surface area contributed by atoms with Crippen LogP contribution in [0.15, 0.2) is 41.9 Å². The molecule has 4 atom stereocenters. The standard InChI is InChI=1S/C32H38ClF2N5O4/c1-6-28(42)39-13-20(3)40(14-19(39)2)32(36-18-41)25-12-26(33)29(24-8-7-21(34)11-27(24)35)31-30(25)38(5)22(17-44-31)16-43-23-9-10-37(4)15-23/h6-8,11-12,18-20,22-23H,1,9-10,13-17H2,2-5H3/t19-,20+,22?,23-/m1/s1. The first-order valence-corrected chi connectivity index (χ1v) is 15.1. The van der Waals surface area contributed by atoms with E-state index in [0.717, 1.165) is 25.6 Å². The lowest BCUT2D eigenvalue weighted by Crippen LogP contribution is -2.59. The fourth-order valence-corrected chi connectivity index (χ4v) is 6.62. The molecule has 3 heterocycles. The minimum absolute atomic E-state index is 0.0868. The second-order valence-electron chi connectivity index (χ2n) is 11.8. The van der Waals surface area contributed by atoms with Crippen molar-refractivity contribution in [3.63, 3.8) is 0 Å². The molecule has 44 heavy (non-hydrogen) atoms. The molecule has 3 aliphatic rings. The van der Waals surface area contributed by atoms with Gasteiger partial charge in [-0.2, -0.15) is 4.99 Å². The van der Waals surface area contributed by atoms with E-state index in [1.165, 1.54) is 18.2 Å². The van der Waals surface area contributed by atoms with Gasteiger partial charge in [-0.1, -0.05) is 18.2 Å². The molecule has 236 valence electrons. The third kappa shape index (κ3) is 6.18. The van der Waals surface area contributed by atoms with Crippen molar-refractivity contribution in [2.45, 2.75) is 44.5 Å². The molecule has 0 spiro atoms. The maximum Gasteiger partial charge on any atom is 0.246 e. The van der Waals surface area contributed by atoms with Crippen molar-refractivity contribution < 1.29 is 27.8 Å². The molecule has 0 N–H and O–H groups in total. The third-order valence-electron chi connectivity index (χ3n) is 8.73. The van der Waals surface area contributed by atoms with Crippen molar-refractivity contribution in [3.8, 4) is 16.9 Å². The SMILES string of the molecule is C=CC(=O)N1C[C@H](C)N(C(=NC=O)c2cc(Cl)c(-c3ccc(F)cc3F)c3c2N(C)C(CO[C@@H]2CCN(C)C2)CO3)C[C@H]1C. The van der Waals surface area contributed by atoms with Gasteiger partial charge in [-0.15, -0.1) is 0 Å². The van der Waals surface area contributed by atoms with Crippen molar-refractivity contribution in [2.75, 3.05) is 58.4 Å². The number of likely N-dealkylation sites (N-methyl/N-ethyl adjacent to an activating group) is 2. The summed E-state index contributed by atoms with van der Waals surface area (Å²) >= 11 is 6.88. The van der Waals surface area contributed by atoms with Crippen molar-refractivity contribution >= 4 is 35.4 Å². The topological polar surface area (TPSA) is 77.9 Å². The van der Waals surface area contributed by atoms with Gasteiger partial charge in [0, 0.05) is 68.1 Å². The quantitative estimate of drug-likeness (QED) is 0.197. The van der Waals surface area contributed by atoms with Crippen LogP contribution in [0.25, 0.3) is 11.1 Å². The van der Waals surface area contributed by atoms with Crippen molar-refractivity contribution in [1.82, 2.24) is 14.7 Å². The summed E-state index contributed by atoms with van der Waals surface area (Å²) in [5, 5.41) is 0.154. The number of benzene rings is 2. The molecule has 0 saturated carbocycles. The number of nitrogens with zero attached hydrogens (tertiary/aromatic N) is 5. The number of hydrogen-bond donors (Lipinski definition) is 0. The molecule has 0 aliphatic carbocycles. The highest BCUT2D eigenvalue weighted by Crippen LogP contribution is 2.49. The first-order valence-electron chi connectivity index (χ1n) is 14.7. The summed E-state index contributed by atoms with van der Waals surface area (Å²) in [4.78, 5) is 36.7. The highest BCUT2D eigenvalue weighted by molar-refractivity contribution is 6.35. The van der Waals surface area contributed by atoms with Gasteiger partial charge in [0.1, 0.15) is 24.1 Å². The normalized spacial score (nSPS) is 24.2. The molecule has 2 fully saturated rings. The van der Waals surface area contributed by atoms with Gasteiger partial charge in [0.15, 0.2) is 5.75 Å². The van der Waals surface area contributed by atoms with E-state index in [1.54, 1.807) is 11.0 Å². The summed E-state index contributed by atoms with van der Waals surface area (Å²) in [6, 6.07) is 4.33. The van der Waals surface area contributed by atoms with E-state index < -0.39 is 11.6 Å². The van der Waals surface area contributed by atoms with E-state index >= 15 is 4.39 Å². The van der Waals surface area contributed by atoms with Gasteiger partial charge in [0.25, 0.3) is 0 Å². The zero-order valence-corrected chi connectivity index (χ0v) is 26.2. The predicted octanol–water partition coefficient (Wildman–Crippen LogP) is 4.21. The number of aliphatic imine (C=N–C) groups is 1. The zero-order chi connectivity index (χ0) is 31.7. The molecule has 9 nitrogen and oxygen atoms in total. The maximum absolute atomic E-state index is 15.2. The van der Waals surface area contributed by atoms with Crippen LogP contribution in [-0.4, -0.2) is 111 Å². The van der Waals surface area contributed by atoms with Gasteiger partial charge in [0.05, 0.1) is 29.5 Å². The first-order chi connectivity index (χ1) is 21.0. The Labute approximate surface area is 261 Å². The summed E-state index contributed by atoms with van der Waals surface area (Å²) in [5.74, 6) is -1.01. The molecule has 3 aliphatic heterocycles. The Morgan fingerprint density at radius 3 is 2.55 bits per heavy atom. The van der Waals surface area contributed by atoms with Crippen LogP contribution < -0.4 is 9.64 Å². The highest BCUT2D eigenvalue weighted by Gasteiger charge is 2.38. The number of hydrogen-bond acceptors (Lipinski definition) is 6. The molecule has 1 unspecified atom stereocenters. The molecular formula is C32H38ClF2N5O4. The van der Waals surface area contributed by atoms with E-state index in [2.05, 4.69) is 23.5 Å². The minimum atomic E-state index is -0.781. The van der Waals surface area contributed by atoms with Crippen LogP contribution in [0.1, 0.15) is 25.8 Å². The lowest BCUT2D eigenvalue weighted by molar-refractivity contribution is -0.130. The number of piperazine rings is 1. The van der Waals surface area contributed by atoms with Crippen LogP contribution in [0.3, 0.4) is 0 Å². The molecule has 12 heteroatoms. The number of likely N-dealkylation sites (tertiary alicyclic amines) is 1. The first kappa shape index (κ1) is 31.9. The number of amidine groups is 1. The minimum Gasteiger partial charge on any atom is -0.488 e. The fourth-order valence-electron chi connectivity index (χ4n) is 6.33. The molecule has 2 aromatic carbocycles. The molecule has 2 saturated heterocycles. The summed E-state index contributed by atoms with van der Waals surface area (Å²) < 4.78 is 41.7. The van der Waals surface area contributed by atoms with Crippen molar-refractivity contribution in [3.05, 3.63) is 59.1 Å². The molecule has 0 radical (unpaired) electrons. The Morgan fingerprint density at radius 1 is 1.16 bits per heavy atom. The highest BCUT2D eigenvalue weighted by atomic mass is 35.5. The molecule has 2 aromatic rings. The number of anilines is 1. The van der Waals surface area contributed by atoms with Crippen LogP contribution in [-0.2, 0) is 14.3 Å². The van der Waals surface area contributed by atoms with Crippen molar-refractivity contribution in [2.24, 2.45) is 4.99 Å². The molecule has 2 amide bonds. The maximum atomic E-state index is 15.2. The van der Waals surface area contributed by atoms with Gasteiger partial charge >= 0.3 is 0 Å². The lowest BCUT2D eigenvalue weighted by atomic mass is 9.95. The number of fused-ring (bicyclic) bond motifs is 1. The van der Waals surface area contributed by atoms with E-state index in [0.29, 0.717) is 48.9 Å². The van der Waals surface area contributed by atoms with Gasteiger partial charge in [-0.05, 0) is 51.6 Å². The second-order valence-corrected chi connectivity index (χ2v) is 12.2. The monoisotopic (exact) mass is 629 g/mol. The van der Waals surface area contributed by atoms with Gasteiger partial charge < -0.3 is 29.1 Å². The van der Waals surface area contributed by atoms with Crippen LogP contribution in [0, 0.1) is 11.6 Å². The van der Waals surface area contributed by atoms with E-state index in [9.17, 15) is 14.0 Å². The number of carbonyl (C=O) groups is 2. The van der Waals surface area contributed by atoms with Crippen LogP contribution in [0.5, 0.6) is 5.75 Å². The van der Waals surface area contributed by atoms with E-state index in [-0.39, 0.29) is 52.9 Å². The number of ether oxygens (including phenoxy) is 2. The Balaban J connectivity index is 1.60. The van der Waals surface area contributed by atoms with Crippen LogP contribution in [0.4, 0.5) is 14.5 Å². The summed E-state index contributed by atoms with van der Waals surface area (Å²) in [6.45, 7) is 10.7. The predicted molar refractivity (Wildman–Crippen MR) is 166 cm³/mol. The number of amides is 2. The second kappa shape index (κ2) is 13.2. The molecule has 0 bridgehead atoms. The fraction of sp³-hybridized carbons (Fsp3) is 0.469. The van der Waals surface area contributed by atoms with Gasteiger partial charge in [0.2, 0.25) is 12.3 Å². The Morgan fingerprint density at radius 2 is 1.89 bits per heavy atom. The van der Waals surface area contributed by atoms with Gasteiger partial charge in [-0.25, -0.2) is 8.78 Å². The lowest BCUT2D eigenvalue weighted by Gasteiger charge is -2.46. The summed E-state index contributed by atoms with van der Waals surface area (Å²) in [7, 11) is 3.95. The summed E-state index contributed by atoms with van der Waals surface area (Å²) in [6.07, 6.45) is 2.81. The van der Waals surface area contributed by atoms with E-state index in [1.807, 2.05) is 30.7 Å². The Bertz CT molecular complexity index is 1470. The average molecular weight is 630 g/mol. The molecule has 0 aromatic heterocycles. The molecule has 5 rings (SSSR count). The average Bonchev–Trinajstić information content (AvgIpc) is 3.41. The number of halogens is 3. The van der Waals surface area contributed by atoms with E-state index in [4.69, 9.17) is 21.1 Å². The number of carbonyl (C=O) groups excluding carboxylic acids is 2. The van der Waals surface area contributed by atoms with Crippen molar-refractivity contribution in [1.29, 1.82) is 0 Å². The third-order valence-corrected chi connectivity index (χ3v) is 9.03. The Kier molecular flexibility index (Phi) is 9.57. The van der Waals surface area contributed by atoms with Crippen LogP contribution >= 0.6 is 11.6 Å².